The number of unbranched alkanes of at least 4 members (excludes halogenated alkanes) is 3. The summed E-state index contributed by atoms with van der Waals surface area (Å²) < 4.78 is 6.96. The standard InChI is InChI=1S/C30H36N4O3/c1-22(28-32-27-17-8-7-15-26(27)30(36)34(28)20-21-37-2)33(19-10-4-3-9-18-31)29(35)25-16-11-13-23-12-5-6-14-24(23)25/h5-8,11-17,22H,3-4,9-10,18-21,31H2,1-2H3/t22-/m0/s1. The zero-order valence-corrected chi connectivity index (χ0v) is 21.7. The van der Waals surface area contributed by atoms with Gasteiger partial charge in [-0.2, -0.15) is 0 Å². The first-order valence-electron chi connectivity index (χ1n) is 13.0. The van der Waals surface area contributed by atoms with Gasteiger partial charge in [-0.1, -0.05) is 61.4 Å². The minimum atomic E-state index is -0.421. The SMILES string of the molecule is COCCn1c([C@H](C)N(CCCCCCN)C(=O)c2cccc3ccccc23)nc2ccccc2c1=O. The third kappa shape index (κ3) is 5.89. The number of para-hydroxylation sites is 1. The molecule has 7 nitrogen and oxygen atoms in total. The van der Waals surface area contributed by atoms with Crippen LogP contribution in [-0.4, -0.2) is 47.2 Å². The van der Waals surface area contributed by atoms with Gasteiger partial charge in [0.25, 0.3) is 11.5 Å². The first-order valence-corrected chi connectivity index (χ1v) is 13.0. The zero-order chi connectivity index (χ0) is 26.2. The molecule has 37 heavy (non-hydrogen) atoms. The van der Waals surface area contributed by atoms with Crippen LogP contribution in [0, 0.1) is 0 Å². The largest absolute Gasteiger partial charge is 0.383 e. The van der Waals surface area contributed by atoms with Crippen molar-refractivity contribution in [2.45, 2.75) is 45.2 Å². The molecule has 0 radical (unpaired) electrons. The van der Waals surface area contributed by atoms with Crippen LogP contribution in [-0.2, 0) is 11.3 Å². The topological polar surface area (TPSA) is 90.4 Å². The van der Waals surface area contributed by atoms with E-state index in [0.717, 1.165) is 36.5 Å². The number of hydrogen-bond acceptors (Lipinski definition) is 5. The van der Waals surface area contributed by atoms with Crippen molar-refractivity contribution in [1.82, 2.24) is 14.5 Å². The van der Waals surface area contributed by atoms with Crippen LogP contribution in [0.1, 0.15) is 54.8 Å². The first-order chi connectivity index (χ1) is 18.1. The molecule has 0 bridgehead atoms. The summed E-state index contributed by atoms with van der Waals surface area (Å²) in [5.41, 5.74) is 6.83. The van der Waals surface area contributed by atoms with Crippen molar-refractivity contribution in [3.8, 4) is 0 Å². The number of fused-ring (bicyclic) bond motifs is 2. The number of ether oxygens (including phenoxy) is 1. The average Bonchev–Trinajstić information content (AvgIpc) is 2.93. The molecule has 0 saturated carbocycles. The van der Waals surface area contributed by atoms with E-state index in [1.165, 1.54) is 0 Å². The number of rotatable bonds is 12. The van der Waals surface area contributed by atoms with Crippen LogP contribution in [0.5, 0.6) is 0 Å². The van der Waals surface area contributed by atoms with Crippen LogP contribution >= 0.6 is 0 Å². The summed E-state index contributed by atoms with van der Waals surface area (Å²) in [4.78, 5) is 34.4. The number of carbonyl (C=O) groups excluding carboxylic acids is 1. The van der Waals surface area contributed by atoms with Gasteiger partial charge in [-0.15, -0.1) is 0 Å². The fraction of sp³-hybridized carbons (Fsp3) is 0.367. The Bertz CT molecular complexity index is 1410. The number of nitrogens with zero attached hydrogens (tertiary/aromatic N) is 3. The Balaban J connectivity index is 1.78. The smallest absolute Gasteiger partial charge is 0.261 e. The summed E-state index contributed by atoms with van der Waals surface area (Å²) >= 11 is 0. The van der Waals surface area contributed by atoms with E-state index in [1.807, 2.05) is 72.5 Å². The molecule has 1 atom stereocenters. The number of hydrogen-bond donors (Lipinski definition) is 1. The second-order valence-electron chi connectivity index (χ2n) is 9.34. The molecule has 4 rings (SSSR count). The summed E-state index contributed by atoms with van der Waals surface area (Å²) in [6.45, 7) is 3.92. The van der Waals surface area contributed by atoms with Gasteiger partial charge in [-0.25, -0.2) is 4.98 Å². The molecule has 0 aliphatic carbocycles. The van der Waals surface area contributed by atoms with Crippen molar-refractivity contribution in [2.24, 2.45) is 5.73 Å². The fourth-order valence-corrected chi connectivity index (χ4v) is 4.86. The van der Waals surface area contributed by atoms with Gasteiger partial charge in [-0.05, 0) is 55.3 Å². The van der Waals surface area contributed by atoms with Crippen LogP contribution in [0.3, 0.4) is 0 Å². The molecule has 1 heterocycles. The molecule has 0 fully saturated rings. The monoisotopic (exact) mass is 500 g/mol. The Morgan fingerprint density at radius 1 is 0.973 bits per heavy atom. The second-order valence-corrected chi connectivity index (χ2v) is 9.34. The lowest BCUT2D eigenvalue weighted by molar-refractivity contribution is 0.0675. The van der Waals surface area contributed by atoms with Gasteiger partial charge >= 0.3 is 0 Å². The highest BCUT2D eigenvalue weighted by molar-refractivity contribution is 6.07. The number of carbonyl (C=O) groups is 1. The van der Waals surface area contributed by atoms with E-state index < -0.39 is 6.04 Å². The molecule has 1 amide bonds. The van der Waals surface area contributed by atoms with E-state index in [-0.39, 0.29) is 11.5 Å². The summed E-state index contributed by atoms with van der Waals surface area (Å²) in [7, 11) is 1.61. The number of amides is 1. The number of benzene rings is 3. The molecule has 0 unspecified atom stereocenters. The zero-order valence-electron chi connectivity index (χ0n) is 21.7. The highest BCUT2D eigenvalue weighted by Gasteiger charge is 2.27. The first kappa shape index (κ1) is 26.5. The third-order valence-corrected chi connectivity index (χ3v) is 6.89. The summed E-state index contributed by atoms with van der Waals surface area (Å²) in [6.07, 6.45) is 3.81. The normalized spacial score (nSPS) is 12.2. The highest BCUT2D eigenvalue weighted by atomic mass is 16.5. The average molecular weight is 501 g/mol. The van der Waals surface area contributed by atoms with Crippen LogP contribution < -0.4 is 11.3 Å². The molecule has 194 valence electrons. The predicted molar refractivity (Wildman–Crippen MR) is 149 cm³/mol. The summed E-state index contributed by atoms with van der Waals surface area (Å²) in [5, 5.41) is 2.49. The van der Waals surface area contributed by atoms with Crippen molar-refractivity contribution in [3.05, 3.63) is 88.5 Å². The molecule has 3 aromatic carbocycles. The van der Waals surface area contributed by atoms with Crippen molar-refractivity contribution >= 4 is 27.6 Å². The molecule has 2 N–H and O–H groups in total. The van der Waals surface area contributed by atoms with Crippen molar-refractivity contribution < 1.29 is 9.53 Å². The summed E-state index contributed by atoms with van der Waals surface area (Å²) in [6, 6.07) is 20.7. The van der Waals surface area contributed by atoms with Gasteiger partial charge in [0.05, 0.1) is 30.1 Å². The maximum absolute atomic E-state index is 14.1. The van der Waals surface area contributed by atoms with E-state index in [4.69, 9.17) is 15.5 Å². The third-order valence-electron chi connectivity index (χ3n) is 6.89. The Hall–Kier alpha value is -3.55. The van der Waals surface area contributed by atoms with Gasteiger partial charge in [0.2, 0.25) is 0 Å². The van der Waals surface area contributed by atoms with Crippen LogP contribution in [0.2, 0.25) is 0 Å². The molecule has 0 saturated heterocycles. The van der Waals surface area contributed by atoms with Gasteiger partial charge in [0, 0.05) is 19.2 Å². The van der Waals surface area contributed by atoms with Crippen LogP contribution in [0.25, 0.3) is 21.7 Å². The fourth-order valence-electron chi connectivity index (χ4n) is 4.86. The molecule has 0 spiro atoms. The van der Waals surface area contributed by atoms with Gasteiger partial charge in [-0.3, -0.25) is 14.2 Å². The lowest BCUT2D eigenvalue weighted by Crippen LogP contribution is -2.39. The van der Waals surface area contributed by atoms with Crippen molar-refractivity contribution in [3.63, 3.8) is 0 Å². The van der Waals surface area contributed by atoms with E-state index >= 15 is 0 Å². The lowest BCUT2D eigenvalue weighted by Gasteiger charge is -2.31. The Labute approximate surface area is 217 Å². The highest BCUT2D eigenvalue weighted by Crippen LogP contribution is 2.26. The molecule has 0 aliphatic rings. The maximum Gasteiger partial charge on any atom is 0.261 e. The molecule has 1 aromatic heterocycles. The quantitative estimate of drug-likeness (QED) is 0.279. The van der Waals surface area contributed by atoms with Gasteiger partial charge in [0.15, 0.2) is 0 Å². The molecule has 7 heteroatoms. The number of methoxy groups -OCH3 is 1. The summed E-state index contributed by atoms with van der Waals surface area (Å²) in [5.74, 6) is 0.500. The van der Waals surface area contributed by atoms with E-state index in [9.17, 15) is 9.59 Å². The van der Waals surface area contributed by atoms with Crippen molar-refractivity contribution in [1.29, 1.82) is 0 Å². The minimum Gasteiger partial charge on any atom is -0.383 e. The Morgan fingerprint density at radius 2 is 1.68 bits per heavy atom. The minimum absolute atomic E-state index is 0.0659. The molecular formula is C30H36N4O3. The second kappa shape index (κ2) is 12.6. The van der Waals surface area contributed by atoms with E-state index in [1.54, 1.807) is 17.7 Å². The van der Waals surface area contributed by atoms with Crippen LogP contribution in [0.15, 0.2) is 71.5 Å². The van der Waals surface area contributed by atoms with Gasteiger partial charge < -0.3 is 15.4 Å². The Kier molecular flexibility index (Phi) is 9.04. The van der Waals surface area contributed by atoms with Gasteiger partial charge in [0.1, 0.15) is 5.82 Å². The number of aromatic nitrogens is 2. The molecule has 0 aliphatic heterocycles. The number of nitrogens with two attached hydrogens (primary N) is 1. The lowest BCUT2D eigenvalue weighted by atomic mass is 10.0. The van der Waals surface area contributed by atoms with E-state index in [0.29, 0.717) is 48.5 Å². The van der Waals surface area contributed by atoms with E-state index in [2.05, 4.69) is 0 Å². The molecular weight excluding hydrogens is 464 g/mol. The van der Waals surface area contributed by atoms with Crippen molar-refractivity contribution in [2.75, 3.05) is 26.8 Å². The molecule has 4 aromatic rings. The Morgan fingerprint density at radius 3 is 2.46 bits per heavy atom. The predicted octanol–water partition coefficient (Wildman–Crippen LogP) is 4.92. The maximum atomic E-state index is 14.1. The van der Waals surface area contributed by atoms with Crippen LogP contribution in [0.4, 0.5) is 0 Å².